The zero-order valence-corrected chi connectivity index (χ0v) is 7.84. The van der Waals surface area contributed by atoms with Crippen molar-refractivity contribution in [1.82, 2.24) is 4.90 Å². The Labute approximate surface area is 81.1 Å². The minimum absolute atomic E-state index is 0.0290. The maximum Gasteiger partial charge on any atom is 0.397 e. The molecule has 0 aromatic heterocycles. The van der Waals surface area contributed by atoms with Crippen molar-refractivity contribution in [2.45, 2.75) is 19.1 Å². The second-order valence-electron chi connectivity index (χ2n) is 3.07. The molecule has 0 aromatic rings. The molecule has 0 saturated carbocycles. The Morgan fingerprint density at radius 1 is 1.36 bits per heavy atom. The molecule has 80 valence electrons. The van der Waals surface area contributed by atoms with Gasteiger partial charge in [-0.2, -0.15) is 0 Å². The molecule has 0 aliphatic carbocycles. The lowest BCUT2D eigenvalue weighted by atomic mass is 10.3. The third-order valence-corrected chi connectivity index (χ3v) is 2.00. The minimum atomic E-state index is -0.978. The molecule has 2 N–H and O–H groups in total. The van der Waals surface area contributed by atoms with Crippen LogP contribution in [-0.4, -0.2) is 58.9 Å². The molecule has 1 heterocycles. The first kappa shape index (κ1) is 10.9. The van der Waals surface area contributed by atoms with Crippen LogP contribution in [0.4, 0.5) is 0 Å². The van der Waals surface area contributed by atoms with Crippen LogP contribution >= 0.6 is 0 Å². The summed E-state index contributed by atoms with van der Waals surface area (Å²) < 4.78 is 4.49. The number of hydrogen-bond donors (Lipinski definition) is 2. The van der Waals surface area contributed by atoms with Crippen molar-refractivity contribution >= 4 is 11.9 Å². The molecule has 1 rings (SSSR count). The Hall–Kier alpha value is -1.14. The van der Waals surface area contributed by atoms with E-state index >= 15 is 0 Å². The number of aliphatic hydroxyl groups excluding tert-OH is 2. The Morgan fingerprint density at radius 2 is 1.86 bits per heavy atom. The molecule has 14 heavy (non-hydrogen) atoms. The van der Waals surface area contributed by atoms with Crippen LogP contribution in [0.25, 0.3) is 0 Å². The molecule has 1 aliphatic rings. The summed E-state index contributed by atoms with van der Waals surface area (Å²) in [6, 6.07) is 0. The number of nitrogens with zero attached hydrogens (tertiary/aromatic N) is 1. The molecule has 2 unspecified atom stereocenters. The summed E-state index contributed by atoms with van der Waals surface area (Å²) in [5.41, 5.74) is 0. The number of likely N-dealkylation sites (tertiary alicyclic amines) is 1. The number of carbonyl (C=O) groups excluding carboxylic acids is 2. The summed E-state index contributed by atoms with van der Waals surface area (Å²) in [6.07, 6.45) is -1.96. The van der Waals surface area contributed by atoms with E-state index in [0.29, 0.717) is 0 Å². The molecular weight excluding hydrogens is 190 g/mol. The van der Waals surface area contributed by atoms with Gasteiger partial charge in [-0.15, -0.1) is 0 Å². The standard InChI is InChI=1S/C8H13NO5/c1-2-14-8(13)7(12)9-3-5(10)6(11)4-9/h5-6,10-11H,2-4H2,1H3. The fourth-order valence-electron chi connectivity index (χ4n) is 1.26. The van der Waals surface area contributed by atoms with E-state index in [0.717, 1.165) is 4.90 Å². The molecule has 1 fully saturated rings. The second-order valence-corrected chi connectivity index (χ2v) is 3.07. The van der Waals surface area contributed by atoms with E-state index in [-0.39, 0.29) is 19.7 Å². The minimum Gasteiger partial charge on any atom is -0.459 e. The van der Waals surface area contributed by atoms with Gasteiger partial charge in [0, 0.05) is 13.1 Å². The van der Waals surface area contributed by atoms with Crippen LogP contribution in [0.3, 0.4) is 0 Å². The number of amides is 1. The van der Waals surface area contributed by atoms with Gasteiger partial charge in [0.05, 0.1) is 18.8 Å². The summed E-state index contributed by atoms with van der Waals surface area (Å²) in [5, 5.41) is 18.3. The summed E-state index contributed by atoms with van der Waals surface area (Å²) in [6.45, 7) is 1.67. The number of rotatable bonds is 1. The number of aliphatic hydroxyl groups is 2. The van der Waals surface area contributed by atoms with Gasteiger partial charge in [-0.05, 0) is 6.92 Å². The van der Waals surface area contributed by atoms with Crippen molar-refractivity contribution in [2.24, 2.45) is 0 Å². The highest BCUT2D eigenvalue weighted by molar-refractivity contribution is 6.32. The zero-order chi connectivity index (χ0) is 10.7. The Bertz CT molecular complexity index is 232. The quantitative estimate of drug-likeness (QED) is 0.384. The highest BCUT2D eigenvalue weighted by Crippen LogP contribution is 2.10. The van der Waals surface area contributed by atoms with Crippen LogP contribution in [0, 0.1) is 0 Å². The SMILES string of the molecule is CCOC(=O)C(=O)N1CC(O)C(O)C1. The molecule has 0 radical (unpaired) electrons. The van der Waals surface area contributed by atoms with E-state index < -0.39 is 24.1 Å². The first-order chi connectivity index (χ1) is 6.56. The molecule has 6 heteroatoms. The van der Waals surface area contributed by atoms with E-state index in [4.69, 9.17) is 10.2 Å². The third kappa shape index (κ3) is 2.21. The largest absolute Gasteiger partial charge is 0.459 e. The van der Waals surface area contributed by atoms with E-state index in [1.54, 1.807) is 6.92 Å². The molecule has 0 bridgehead atoms. The normalized spacial score (nSPS) is 26.4. The van der Waals surface area contributed by atoms with Crippen LogP contribution < -0.4 is 0 Å². The van der Waals surface area contributed by atoms with Gasteiger partial charge in [-0.25, -0.2) is 4.79 Å². The van der Waals surface area contributed by atoms with E-state index in [1.165, 1.54) is 0 Å². The van der Waals surface area contributed by atoms with Gasteiger partial charge >= 0.3 is 11.9 Å². The van der Waals surface area contributed by atoms with Gasteiger partial charge in [-0.3, -0.25) is 4.79 Å². The lowest BCUT2D eigenvalue weighted by Gasteiger charge is -2.13. The smallest absolute Gasteiger partial charge is 0.397 e. The molecule has 0 aromatic carbocycles. The molecule has 0 spiro atoms. The molecule has 2 atom stereocenters. The first-order valence-electron chi connectivity index (χ1n) is 4.38. The monoisotopic (exact) mass is 203 g/mol. The van der Waals surface area contributed by atoms with Crippen molar-refractivity contribution in [1.29, 1.82) is 0 Å². The van der Waals surface area contributed by atoms with Gasteiger partial charge in [0.1, 0.15) is 0 Å². The van der Waals surface area contributed by atoms with E-state index in [1.807, 2.05) is 0 Å². The summed E-state index contributed by atoms with van der Waals surface area (Å²) in [4.78, 5) is 23.3. The summed E-state index contributed by atoms with van der Waals surface area (Å²) in [5.74, 6) is -1.77. The Balaban J connectivity index is 2.51. The van der Waals surface area contributed by atoms with Crippen LogP contribution in [0.1, 0.15) is 6.92 Å². The van der Waals surface area contributed by atoms with Crippen LogP contribution in [-0.2, 0) is 14.3 Å². The van der Waals surface area contributed by atoms with Gasteiger partial charge in [0.2, 0.25) is 0 Å². The highest BCUT2D eigenvalue weighted by atomic mass is 16.5. The van der Waals surface area contributed by atoms with Crippen molar-refractivity contribution < 1.29 is 24.5 Å². The average Bonchev–Trinajstić information content (AvgIpc) is 2.46. The van der Waals surface area contributed by atoms with Crippen molar-refractivity contribution in [3.63, 3.8) is 0 Å². The third-order valence-electron chi connectivity index (χ3n) is 2.00. The van der Waals surface area contributed by atoms with E-state index in [9.17, 15) is 9.59 Å². The number of esters is 1. The van der Waals surface area contributed by atoms with Crippen LogP contribution in [0.15, 0.2) is 0 Å². The lowest BCUT2D eigenvalue weighted by molar-refractivity contribution is -0.159. The summed E-state index contributed by atoms with van der Waals surface area (Å²) >= 11 is 0. The molecule has 1 amide bonds. The molecule has 6 nitrogen and oxygen atoms in total. The average molecular weight is 203 g/mol. The number of ether oxygens (including phenoxy) is 1. The van der Waals surface area contributed by atoms with Gasteiger partial charge in [0.15, 0.2) is 0 Å². The van der Waals surface area contributed by atoms with Crippen LogP contribution in [0.5, 0.6) is 0 Å². The molecule has 1 aliphatic heterocycles. The maximum atomic E-state index is 11.3. The fourth-order valence-corrected chi connectivity index (χ4v) is 1.26. The molecule has 1 saturated heterocycles. The topological polar surface area (TPSA) is 87.1 Å². The van der Waals surface area contributed by atoms with Gasteiger partial charge < -0.3 is 19.8 Å². The number of carbonyl (C=O) groups is 2. The first-order valence-corrected chi connectivity index (χ1v) is 4.38. The van der Waals surface area contributed by atoms with Gasteiger partial charge in [0.25, 0.3) is 0 Å². The Morgan fingerprint density at radius 3 is 2.29 bits per heavy atom. The predicted molar refractivity (Wildman–Crippen MR) is 45.2 cm³/mol. The highest BCUT2D eigenvalue weighted by Gasteiger charge is 2.35. The number of β-amino-alcohol motifs (C(OH)–C–C–N with tert-alkyl or cyclic N) is 2. The summed E-state index contributed by atoms with van der Waals surface area (Å²) in [7, 11) is 0. The predicted octanol–water partition coefficient (Wildman–Crippen LogP) is -1.89. The van der Waals surface area contributed by atoms with Crippen molar-refractivity contribution in [3.05, 3.63) is 0 Å². The Kier molecular flexibility index (Phi) is 3.43. The lowest BCUT2D eigenvalue weighted by Crippen LogP contribution is -2.36. The number of hydrogen-bond acceptors (Lipinski definition) is 5. The zero-order valence-electron chi connectivity index (χ0n) is 7.84. The van der Waals surface area contributed by atoms with Crippen molar-refractivity contribution in [3.8, 4) is 0 Å². The van der Waals surface area contributed by atoms with Crippen molar-refractivity contribution in [2.75, 3.05) is 19.7 Å². The van der Waals surface area contributed by atoms with Gasteiger partial charge in [-0.1, -0.05) is 0 Å². The molecular formula is C8H13NO5. The fraction of sp³-hybridized carbons (Fsp3) is 0.750. The second kappa shape index (κ2) is 4.39. The van der Waals surface area contributed by atoms with Crippen LogP contribution in [0.2, 0.25) is 0 Å². The van der Waals surface area contributed by atoms with E-state index in [2.05, 4.69) is 4.74 Å². The maximum absolute atomic E-state index is 11.3.